The van der Waals surface area contributed by atoms with E-state index in [0.29, 0.717) is 16.9 Å². The Bertz CT molecular complexity index is 542. The predicted octanol–water partition coefficient (Wildman–Crippen LogP) is 2.30. The molecule has 5 heteroatoms. The molecule has 2 rings (SSSR count). The molecule has 0 fully saturated rings. The Morgan fingerprint density at radius 2 is 2.00 bits per heavy atom. The fraction of sp³-hybridized carbons (Fsp3) is 0.231. The third-order valence-corrected chi connectivity index (χ3v) is 2.56. The highest BCUT2D eigenvalue weighted by atomic mass is 16.1. The molecule has 0 unspecified atom stereocenters. The number of benzene rings is 1. The lowest BCUT2D eigenvalue weighted by Crippen LogP contribution is -2.11. The van der Waals surface area contributed by atoms with Crippen LogP contribution in [-0.2, 0) is 0 Å². The highest BCUT2D eigenvalue weighted by Crippen LogP contribution is 2.12. The fourth-order valence-electron chi connectivity index (χ4n) is 1.52. The number of nitrogen functional groups attached to an aromatic ring is 1. The number of carbonyl (C=O) groups excluding carboxylic acids is 1. The summed E-state index contributed by atoms with van der Waals surface area (Å²) in [5, 5.41) is 6.95. The third-order valence-electron chi connectivity index (χ3n) is 2.56. The zero-order valence-electron chi connectivity index (χ0n) is 10.4. The lowest BCUT2D eigenvalue weighted by atomic mass is 10.2. The summed E-state index contributed by atoms with van der Waals surface area (Å²) in [6.07, 6.45) is 3.44. The van der Waals surface area contributed by atoms with Crippen molar-refractivity contribution in [2.24, 2.45) is 0 Å². The topological polar surface area (TPSA) is 72.9 Å². The van der Waals surface area contributed by atoms with Crippen LogP contribution in [0.1, 0.15) is 30.2 Å². The van der Waals surface area contributed by atoms with Crippen molar-refractivity contribution < 1.29 is 4.79 Å². The second kappa shape index (κ2) is 4.91. The van der Waals surface area contributed by atoms with Gasteiger partial charge in [0.15, 0.2) is 0 Å². The minimum absolute atomic E-state index is 0.168. The second-order valence-electron chi connectivity index (χ2n) is 4.38. The van der Waals surface area contributed by atoms with Crippen LogP contribution in [0.15, 0.2) is 36.7 Å². The molecule has 0 saturated heterocycles. The summed E-state index contributed by atoms with van der Waals surface area (Å²) in [4.78, 5) is 11.9. The quantitative estimate of drug-likeness (QED) is 0.814. The van der Waals surface area contributed by atoms with E-state index in [-0.39, 0.29) is 11.9 Å². The van der Waals surface area contributed by atoms with Gasteiger partial charge in [-0.05, 0) is 38.1 Å². The maximum Gasteiger partial charge on any atom is 0.255 e. The van der Waals surface area contributed by atoms with Gasteiger partial charge in [-0.3, -0.25) is 9.48 Å². The van der Waals surface area contributed by atoms with E-state index < -0.39 is 0 Å². The maximum atomic E-state index is 11.9. The first-order valence-corrected chi connectivity index (χ1v) is 5.77. The number of nitrogens with one attached hydrogen (secondary N) is 1. The van der Waals surface area contributed by atoms with Crippen LogP contribution >= 0.6 is 0 Å². The average Bonchev–Trinajstić information content (AvgIpc) is 2.78. The monoisotopic (exact) mass is 244 g/mol. The van der Waals surface area contributed by atoms with Gasteiger partial charge in [0.1, 0.15) is 0 Å². The van der Waals surface area contributed by atoms with E-state index in [1.165, 1.54) is 0 Å². The third kappa shape index (κ3) is 2.68. The number of nitrogens with zero attached hydrogens (tertiary/aromatic N) is 2. The number of rotatable bonds is 3. The summed E-state index contributed by atoms with van der Waals surface area (Å²) in [5.74, 6) is -0.168. The molecule has 5 nitrogen and oxygen atoms in total. The minimum atomic E-state index is -0.168. The van der Waals surface area contributed by atoms with Crippen LogP contribution in [0.4, 0.5) is 11.4 Å². The van der Waals surface area contributed by atoms with Gasteiger partial charge in [0.25, 0.3) is 5.91 Å². The molecule has 0 radical (unpaired) electrons. The number of hydrogen-bond donors (Lipinski definition) is 2. The van der Waals surface area contributed by atoms with Crippen molar-refractivity contribution in [3.8, 4) is 0 Å². The first-order valence-electron chi connectivity index (χ1n) is 5.77. The Kier molecular flexibility index (Phi) is 3.32. The highest BCUT2D eigenvalue weighted by Gasteiger charge is 2.08. The molecule has 0 saturated carbocycles. The van der Waals surface area contributed by atoms with Crippen LogP contribution in [0.25, 0.3) is 0 Å². The maximum absolute atomic E-state index is 11.9. The van der Waals surface area contributed by atoms with Crippen molar-refractivity contribution in [2.75, 3.05) is 11.1 Å². The van der Waals surface area contributed by atoms with Gasteiger partial charge in [-0.2, -0.15) is 5.10 Å². The number of hydrogen-bond acceptors (Lipinski definition) is 3. The Hall–Kier alpha value is -2.30. The summed E-state index contributed by atoms with van der Waals surface area (Å²) < 4.78 is 1.79. The van der Waals surface area contributed by atoms with Gasteiger partial charge < -0.3 is 11.1 Å². The zero-order valence-corrected chi connectivity index (χ0v) is 10.4. The molecular weight excluding hydrogens is 228 g/mol. The van der Waals surface area contributed by atoms with E-state index in [1.807, 2.05) is 13.8 Å². The molecule has 0 aliphatic rings. The number of nitrogens with two attached hydrogens (primary N) is 1. The Morgan fingerprint density at radius 3 is 2.56 bits per heavy atom. The number of amides is 1. The molecule has 0 bridgehead atoms. The number of anilines is 2. The van der Waals surface area contributed by atoms with Crippen LogP contribution in [0.5, 0.6) is 0 Å². The molecular formula is C13H16N4O. The summed E-state index contributed by atoms with van der Waals surface area (Å²) in [5.41, 5.74) is 7.47. The van der Waals surface area contributed by atoms with Crippen LogP contribution in [0.2, 0.25) is 0 Å². The van der Waals surface area contributed by atoms with Crippen molar-refractivity contribution in [1.82, 2.24) is 9.78 Å². The number of aromatic nitrogens is 2. The van der Waals surface area contributed by atoms with Gasteiger partial charge in [-0.1, -0.05) is 0 Å². The molecule has 3 N–H and O–H groups in total. The predicted molar refractivity (Wildman–Crippen MR) is 71.4 cm³/mol. The molecule has 18 heavy (non-hydrogen) atoms. The van der Waals surface area contributed by atoms with Gasteiger partial charge in [0, 0.05) is 23.5 Å². The Balaban J connectivity index is 2.08. The van der Waals surface area contributed by atoms with Crippen molar-refractivity contribution in [3.05, 3.63) is 42.2 Å². The van der Waals surface area contributed by atoms with Crippen LogP contribution in [0, 0.1) is 0 Å². The van der Waals surface area contributed by atoms with Gasteiger partial charge in [-0.15, -0.1) is 0 Å². The molecule has 0 spiro atoms. The van der Waals surface area contributed by atoms with Gasteiger partial charge in [0.05, 0.1) is 11.9 Å². The zero-order chi connectivity index (χ0) is 13.1. The van der Waals surface area contributed by atoms with Crippen LogP contribution < -0.4 is 11.1 Å². The van der Waals surface area contributed by atoms with Crippen molar-refractivity contribution in [2.45, 2.75) is 19.9 Å². The van der Waals surface area contributed by atoms with E-state index in [9.17, 15) is 4.79 Å². The van der Waals surface area contributed by atoms with E-state index in [0.717, 1.165) is 0 Å². The molecule has 0 aliphatic heterocycles. The fourth-order valence-corrected chi connectivity index (χ4v) is 1.52. The molecule has 1 amide bonds. The normalized spacial score (nSPS) is 10.6. The molecule has 0 atom stereocenters. The van der Waals surface area contributed by atoms with Crippen molar-refractivity contribution >= 4 is 17.3 Å². The Labute approximate surface area is 106 Å². The van der Waals surface area contributed by atoms with Gasteiger partial charge in [-0.25, -0.2) is 0 Å². The molecule has 0 aliphatic carbocycles. The molecule has 1 heterocycles. The second-order valence-corrected chi connectivity index (χ2v) is 4.38. The smallest absolute Gasteiger partial charge is 0.255 e. The first kappa shape index (κ1) is 12.2. The molecule has 1 aromatic carbocycles. The standard InChI is InChI=1S/C13H16N4O/c1-9(2)17-8-12(7-15-17)16-13(18)10-3-5-11(14)6-4-10/h3-9H,14H2,1-2H3,(H,16,18). The van der Waals surface area contributed by atoms with E-state index >= 15 is 0 Å². The van der Waals surface area contributed by atoms with E-state index in [2.05, 4.69) is 10.4 Å². The average molecular weight is 244 g/mol. The van der Waals surface area contributed by atoms with E-state index in [4.69, 9.17) is 5.73 Å². The van der Waals surface area contributed by atoms with Crippen LogP contribution in [0.3, 0.4) is 0 Å². The lowest BCUT2D eigenvalue weighted by Gasteiger charge is -2.04. The van der Waals surface area contributed by atoms with Crippen molar-refractivity contribution in [1.29, 1.82) is 0 Å². The Morgan fingerprint density at radius 1 is 1.33 bits per heavy atom. The molecule has 2 aromatic rings. The number of carbonyl (C=O) groups is 1. The van der Waals surface area contributed by atoms with Gasteiger partial charge >= 0.3 is 0 Å². The first-order chi connectivity index (χ1) is 8.56. The van der Waals surface area contributed by atoms with E-state index in [1.54, 1.807) is 41.3 Å². The minimum Gasteiger partial charge on any atom is -0.399 e. The summed E-state index contributed by atoms with van der Waals surface area (Å²) in [6, 6.07) is 7.06. The summed E-state index contributed by atoms with van der Waals surface area (Å²) in [7, 11) is 0. The highest BCUT2D eigenvalue weighted by molar-refractivity contribution is 6.04. The summed E-state index contributed by atoms with van der Waals surface area (Å²) >= 11 is 0. The molecule has 1 aromatic heterocycles. The summed E-state index contributed by atoms with van der Waals surface area (Å²) in [6.45, 7) is 4.05. The lowest BCUT2D eigenvalue weighted by molar-refractivity contribution is 0.102. The van der Waals surface area contributed by atoms with Gasteiger partial charge in [0.2, 0.25) is 0 Å². The van der Waals surface area contributed by atoms with Crippen LogP contribution in [-0.4, -0.2) is 15.7 Å². The molecule has 94 valence electrons. The van der Waals surface area contributed by atoms with Crippen molar-refractivity contribution in [3.63, 3.8) is 0 Å². The largest absolute Gasteiger partial charge is 0.399 e. The SMILES string of the molecule is CC(C)n1cc(NC(=O)c2ccc(N)cc2)cn1.